The Morgan fingerprint density at radius 2 is 1.91 bits per heavy atom. The number of alkyl halides is 2. The number of carbonyl (C=O) groups is 1. The average molecular weight is 304 g/mol. The van der Waals surface area contributed by atoms with Gasteiger partial charge >= 0.3 is 6.61 Å². The Labute approximate surface area is 126 Å². The Bertz CT molecular complexity index is 668. The van der Waals surface area contributed by atoms with Crippen LogP contribution in [0.15, 0.2) is 64.8 Å². The van der Waals surface area contributed by atoms with Crippen molar-refractivity contribution in [2.24, 2.45) is 0 Å². The van der Waals surface area contributed by atoms with Crippen molar-refractivity contribution in [1.29, 1.82) is 0 Å². The molecular weight excluding hydrogens is 290 g/mol. The Kier molecular flexibility index (Phi) is 5.25. The molecular formula is C17H14F2O3. The number of allylic oxidation sites excluding steroid dienone is 3. The van der Waals surface area contributed by atoms with Crippen LogP contribution in [0.5, 0.6) is 5.75 Å². The first-order chi connectivity index (χ1) is 10.5. The Morgan fingerprint density at radius 3 is 2.50 bits per heavy atom. The van der Waals surface area contributed by atoms with E-state index in [0.29, 0.717) is 11.3 Å². The van der Waals surface area contributed by atoms with Crippen molar-refractivity contribution in [3.8, 4) is 5.75 Å². The third kappa shape index (κ3) is 4.70. The van der Waals surface area contributed by atoms with Gasteiger partial charge in [0.2, 0.25) is 0 Å². The minimum atomic E-state index is -2.88. The number of furan rings is 1. The molecule has 0 N–H and O–H groups in total. The first-order valence-corrected chi connectivity index (χ1v) is 6.53. The lowest BCUT2D eigenvalue weighted by Crippen LogP contribution is -2.02. The van der Waals surface area contributed by atoms with Crippen LogP contribution in [-0.4, -0.2) is 12.4 Å². The maximum atomic E-state index is 12.0. The fourth-order valence-electron chi connectivity index (χ4n) is 1.75. The third-order valence-electron chi connectivity index (χ3n) is 2.77. The maximum Gasteiger partial charge on any atom is 0.387 e. The van der Waals surface area contributed by atoms with Crippen LogP contribution < -0.4 is 4.74 Å². The van der Waals surface area contributed by atoms with Gasteiger partial charge in [-0.3, -0.25) is 4.79 Å². The molecule has 5 heteroatoms. The highest BCUT2D eigenvalue weighted by atomic mass is 19.3. The molecule has 0 radical (unpaired) electrons. The summed E-state index contributed by atoms with van der Waals surface area (Å²) >= 11 is 0. The van der Waals surface area contributed by atoms with Crippen molar-refractivity contribution in [2.75, 3.05) is 0 Å². The smallest absolute Gasteiger partial charge is 0.387 e. The molecule has 22 heavy (non-hydrogen) atoms. The lowest BCUT2D eigenvalue weighted by atomic mass is 10.1. The normalized spacial score (nSPS) is 12.1. The lowest BCUT2D eigenvalue weighted by molar-refractivity contribution is -0.0498. The topological polar surface area (TPSA) is 39.4 Å². The molecule has 0 fully saturated rings. The minimum Gasteiger partial charge on any atom is -0.465 e. The molecule has 1 aromatic heterocycles. The van der Waals surface area contributed by atoms with E-state index in [9.17, 15) is 13.6 Å². The first kappa shape index (κ1) is 15.7. The largest absolute Gasteiger partial charge is 0.465 e. The molecule has 2 rings (SSSR count). The summed E-state index contributed by atoms with van der Waals surface area (Å²) in [5.74, 6) is 0.489. The Balaban J connectivity index is 2.01. The first-order valence-electron chi connectivity index (χ1n) is 6.53. The highest BCUT2D eigenvalue weighted by Crippen LogP contribution is 2.16. The van der Waals surface area contributed by atoms with Crippen LogP contribution in [0.1, 0.15) is 23.0 Å². The Morgan fingerprint density at radius 1 is 1.18 bits per heavy atom. The number of ketones is 1. The van der Waals surface area contributed by atoms with Crippen LogP contribution in [0, 0.1) is 0 Å². The standard InChI is InChI=1S/C17H14F2O3/c1-12(11-15-3-2-10-21-15)4-9-16(20)13-5-7-14(8-6-13)22-17(18)19/h2-11,17H,1H3/b9-4+,12-11+. The van der Waals surface area contributed by atoms with Crippen LogP contribution in [0.2, 0.25) is 0 Å². The summed E-state index contributed by atoms with van der Waals surface area (Å²) in [6.45, 7) is -1.04. The van der Waals surface area contributed by atoms with E-state index in [4.69, 9.17) is 4.42 Å². The molecule has 0 saturated carbocycles. The lowest BCUT2D eigenvalue weighted by Gasteiger charge is -2.04. The summed E-state index contributed by atoms with van der Waals surface area (Å²) in [5.41, 5.74) is 1.24. The monoisotopic (exact) mass is 304 g/mol. The summed E-state index contributed by atoms with van der Waals surface area (Å²) in [4.78, 5) is 12.0. The second kappa shape index (κ2) is 7.36. The predicted octanol–water partition coefficient (Wildman–Crippen LogP) is 4.72. The minimum absolute atomic E-state index is 0.0180. The summed E-state index contributed by atoms with van der Waals surface area (Å²) in [7, 11) is 0. The number of ether oxygens (including phenoxy) is 1. The molecule has 3 nitrogen and oxygen atoms in total. The molecule has 0 atom stereocenters. The number of rotatable bonds is 6. The molecule has 1 aromatic carbocycles. The van der Waals surface area contributed by atoms with Gasteiger partial charge in [-0.1, -0.05) is 6.08 Å². The van der Waals surface area contributed by atoms with Crippen molar-refractivity contribution in [2.45, 2.75) is 13.5 Å². The molecule has 0 bridgehead atoms. The van der Waals surface area contributed by atoms with Gasteiger partial charge in [0.1, 0.15) is 11.5 Å². The number of benzene rings is 1. The van der Waals surface area contributed by atoms with Gasteiger partial charge in [0.15, 0.2) is 5.78 Å². The zero-order chi connectivity index (χ0) is 15.9. The number of hydrogen-bond acceptors (Lipinski definition) is 3. The third-order valence-corrected chi connectivity index (χ3v) is 2.77. The summed E-state index contributed by atoms with van der Waals surface area (Å²) in [6.07, 6.45) is 6.44. The molecule has 0 saturated heterocycles. The van der Waals surface area contributed by atoms with E-state index in [-0.39, 0.29) is 11.5 Å². The number of halogens is 2. The van der Waals surface area contributed by atoms with Gasteiger partial charge in [0.25, 0.3) is 0 Å². The van der Waals surface area contributed by atoms with Crippen molar-refractivity contribution < 1.29 is 22.7 Å². The van der Waals surface area contributed by atoms with Crippen molar-refractivity contribution in [3.05, 3.63) is 71.7 Å². The van der Waals surface area contributed by atoms with E-state index in [1.807, 2.05) is 6.92 Å². The van der Waals surface area contributed by atoms with Crippen LogP contribution in [0.3, 0.4) is 0 Å². The van der Waals surface area contributed by atoms with Crippen LogP contribution in [0.4, 0.5) is 8.78 Å². The molecule has 1 heterocycles. The van der Waals surface area contributed by atoms with E-state index in [2.05, 4.69) is 4.74 Å². The molecule has 114 valence electrons. The molecule has 0 unspecified atom stereocenters. The van der Waals surface area contributed by atoms with Gasteiger partial charge in [0, 0.05) is 5.56 Å². The SMILES string of the molecule is CC(/C=C/C(=O)c1ccc(OC(F)F)cc1)=C\c1ccco1. The van der Waals surface area contributed by atoms with Gasteiger partial charge < -0.3 is 9.15 Å². The average Bonchev–Trinajstić information content (AvgIpc) is 2.98. The molecule has 0 aliphatic heterocycles. The molecule has 0 aliphatic carbocycles. The summed E-state index contributed by atoms with van der Waals surface area (Å²) in [6, 6.07) is 9.13. The van der Waals surface area contributed by atoms with E-state index >= 15 is 0 Å². The second-order valence-electron chi connectivity index (χ2n) is 4.50. The molecule has 0 spiro atoms. The molecule has 2 aromatic rings. The molecule has 0 aliphatic rings. The van der Waals surface area contributed by atoms with Gasteiger partial charge in [-0.15, -0.1) is 0 Å². The summed E-state index contributed by atoms with van der Waals surface area (Å²) in [5, 5.41) is 0. The highest BCUT2D eigenvalue weighted by Gasteiger charge is 2.06. The Hall–Kier alpha value is -2.69. The second-order valence-corrected chi connectivity index (χ2v) is 4.50. The van der Waals surface area contributed by atoms with Gasteiger partial charge in [-0.05, 0) is 61.0 Å². The van der Waals surface area contributed by atoms with Crippen molar-refractivity contribution >= 4 is 11.9 Å². The predicted molar refractivity (Wildman–Crippen MR) is 78.9 cm³/mol. The van der Waals surface area contributed by atoms with Crippen LogP contribution in [-0.2, 0) is 0 Å². The zero-order valence-corrected chi connectivity index (χ0v) is 11.8. The van der Waals surface area contributed by atoms with Crippen molar-refractivity contribution in [3.63, 3.8) is 0 Å². The zero-order valence-electron chi connectivity index (χ0n) is 11.8. The van der Waals surface area contributed by atoms with Crippen LogP contribution >= 0.6 is 0 Å². The summed E-state index contributed by atoms with van der Waals surface area (Å²) < 4.78 is 33.5. The van der Waals surface area contributed by atoms with Crippen molar-refractivity contribution in [1.82, 2.24) is 0 Å². The van der Waals surface area contributed by atoms with E-state index in [1.165, 1.54) is 30.3 Å². The van der Waals surface area contributed by atoms with E-state index < -0.39 is 6.61 Å². The van der Waals surface area contributed by atoms with Gasteiger partial charge in [-0.2, -0.15) is 8.78 Å². The quantitative estimate of drug-likeness (QED) is 0.440. The maximum absolute atomic E-state index is 12.0. The number of carbonyl (C=O) groups excluding carboxylic acids is 1. The van der Waals surface area contributed by atoms with E-state index in [1.54, 1.807) is 30.5 Å². The highest BCUT2D eigenvalue weighted by molar-refractivity contribution is 6.04. The van der Waals surface area contributed by atoms with E-state index in [0.717, 1.165) is 5.57 Å². The number of hydrogen-bond donors (Lipinski definition) is 0. The van der Waals surface area contributed by atoms with Crippen LogP contribution in [0.25, 0.3) is 6.08 Å². The fraction of sp³-hybridized carbons (Fsp3) is 0.118. The fourth-order valence-corrected chi connectivity index (χ4v) is 1.75. The van der Waals surface area contributed by atoms with Gasteiger partial charge in [0.05, 0.1) is 6.26 Å². The molecule has 0 amide bonds. The van der Waals surface area contributed by atoms with Gasteiger partial charge in [-0.25, -0.2) is 0 Å².